The highest BCUT2D eigenvalue weighted by atomic mass is 35.5. The second-order valence-electron chi connectivity index (χ2n) is 7.43. The molecule has 2 heterocycles. The summed E-state index contributed by atoms with van der Waals surface area (Å²) in [5.74, 6) is -0.147. The Kier molecular flexibility index (Phi) is 5.01. The number of nitrogens with zero attached hydrogens (tertiary/aromatic N) is 2. The molecule has 0 unspecified atom stereocenters. The van der Waals surface area contributed by atoms with Crippen molar-refractivity contribution >= 4 is 56.1 Å². The van der Waals surface area contributed by atoms with E-state index < -0.39 is 17.5 Å². The Morgan fingerprint density at radius 2 is 2.14 bits per heavy atom. The molecule has 1 saturated carbocycles. The molecule has 148 valence electrons. The third-order valence-corrected chi connectivity index (χ3v) is 6.85. The molecular weight excluding hydrogens is 400 g/mol. The Hall–Kier alpha value is -2.19. The van der Waals surface area contributed by atoms with E-state index in [1.165, 1.54) is 11.3 Å². The van der Waals surface area contributed by atoms with Crippen molar-refractivity contribution < 1.29 is 14.4 Å². The van der Waals surface area contributed by atoms with Gasteiger partial charge in [0.05, 0.1) is 10.2 Å². The van der Waals surface area contributed by atoms with Crippen LogP contribution in [0.3, 0.4) is 0 Å². The summed E-state index contributed by atoms with van der Waals surface area (Å²) in [6.07, 6.45) is 4.17. The summed E-state index contributed by atoms with van der Waals surface area (Å²) < 4.78 is 0.851. The van der Waals surface area contributed by atoms with E-state index in [0.29, 0.717) is 28.9 Å². The summed E-state index contributed by atoms with van der Waals surface area (Å²) >= 11 is 7.26. The number of rotatable bonds is 4. The van der Waals surface area contributed by atoms with Gasteiger partial charge in [0.2, 0.25) is 5.91 Å². The van der Waals surface area contributed by atoms with E-state index in [0.717, 1.165) is 34.4 Å². The van der Waals surface area contributed by atoms with Gasteiger partial charge < -0.3 is 10.6 Å². The van der Waals surface area contributed by atoms with E-state index in [-0.39, 0.29) is 12.5 Å². The molecule has 7 nitrogen and oxygen atoms in total. The molecule has 0 bridgehead atoms. The van der Waals surface area contributed by atoms with Crippen LogP contribution in [0.2, 0.25) is 5.02 Å². The van der Waals surface area contributed by atoms with E-state index in [2.05, 4.69) is 22.5 Å². The predicted octanol–water partition coefficient (Wildman–Crippen LogP) is 3.78. The second kappa shape index (κ2) is 7.33. The van der Waals surface area contributed by atoms with E-state index in [9.17, 15) is 14.4 Å². The van der Waals surface area contributed by atoms with Crippen molar-refractivity contribution in [1.82, 2.24) is 15.2 Å². The van der Waals surface area contributed by atoms with Crippen LogP contribution in [0.1, 0.15) is 39.0 Å². The lowest BCUT2D eigenvalue weighted by atomic mass is 9.75. The van der Waals surface area contributed by atoms with Gasteiger partial charge in [-0.15, -0.1) is 0 Å². The molecule has 9 heteroatoms. The Morgan fingerprint density at radius 1 is 1.39 bits per heavy atom. The lowest BCUT2D eigenvalue weighted by Gasteiger charge is -2.34. The highest BCUT2D eigenvalue weighted by Gasteiger charge is 2.52. The van der Waals surface area contributed by atoms with Crippen LogP contribution in [0, 0.1) is 5.92 Å². The van der Waals surface area contributed by atoms with Crippen molar-refractivity contribution in [3.63, 3.8) is 0 Å². The quantitative estimate of drug-likeness (QED) is 0.736. The summed E-state index contributed by atoms with van der Waals surface area (Å²) in [4.78, 5) is 43.0. The van der Waals surface area contributed by atoms with Crippen LogP contribution < -0.4 is 10.6 Å². The van der Waals surface area contributed by atoms with E-state index in [1.807, 2.05) is 0 Å². The Bertz CT molecular complexity index is 952. The Labute approximate surface area is 171 Å². The van der Waals surface area contributed by atoms with E-state index in [4.69, 9.17) is 11.6 Å². The van der Waals surface area contributed by atoms with Gasteiger partial charge in [0, 0.05) is 5.02 Å². The first-order chi connectivity index (χ1) is 13.4. The van der Waals surface area contributed by atoms with Gasteiger partial charge in [0.1, 0.15) is 12.1 Å². The fraction of sp³-hybridized carbons (Fsp3) is 0.474. The molecule has 1 aliphatic carbocycles. The molecule has 0 atom stereocenters. The number of carbonyl (C=O) groups excluding carboxylic acids is 3. The molecular formula is C19H21ClN4O3S. The molecule has 1 aromatic heterocycles. The molecule has 1 aromatic carbocycles. The van der Waals surface area contributed by atoms with Crippen molar-refractivity contribution in [1.29, 1.82) is 0 Å². The molecule has 4 rings (SSSR count). The van der Waals surface area contributed by atoms with Crippen LogP contribution in [0.5, 0.6) is 0 Å². The topological polar surface area (TPSA) is 91.4 Å². The summed E-state index contributed by atoms with van der Waals surface area (Å²) in [7, 11) is 0. The number of urea groups is 1. The minimum atomic E-state index is -0.838. The third kappa shape index (κ3) is 3.46. The first-order valence-electron chi connectivity index (χ1n) is 9.40. The molecule has 2 fully saturated rings. The average molecular weight is 421 g/mol. The van der Waals surface area contributed by atoms with Gasteiger partial charge >= 0.3 is 6.03 Å². The van der Waals surface area contributed by atoms with Gasteiger partial charge in [-0.3, -0.25) is 14.5 Å². The van der Waals surface area contributed by atoms with Crippen LogP contribution in [0.25, 0.3) is 10.2 Å². The van der Waals surface area contributed by atoms with Crippen LogP contribution >= 0.6 is 22.9 Å². The molecule has 2 aliphatic rings. The number of carbonyl (C=O) groups is 3. The third-order valence-electron chi connectivity index (χ3n) is 5.68. The van der Waals surface area contributed by atoms with Gasteiger partial charge in [-0.2, -0.15) is 0 Å². The van der Waals surface area contributed by atoms with Crippen molar-refractivity contribution in [3.05, 3.63) is 23.2 Å². The predicted molar refractivity (Wildman–Crippen MR) is 108 cm³/mol. The van der Waals surface area contributed by atoms with Crippen LogP contribution in [-0.4, -0.2) is 39.8 Å². The number of nitrogens with one attached hydrogen (secondary N) is 2. The summed E-state index contributed by atoms with van der Waals surface area (Å²) in [6, 6.07) is 4.79. The zero-order valence-corrected chi connectivity index (χ0v) is 17.0. The van der Waals surface area contributed by atoms with Crippen LogP contribution in [0.4, 0.5) is 9.93 Å². The maximum atomic E-state index is 12.9. The standard InChI is InChI=1S/C19H21ClN4O3S/c1-2-11-5-7-19(8-6-11)16(26)24(18(27)23-19)10-15(25)22-17-21-13-4-3-12(20)9-14(13)28-17/h3-4,9,11H,2,5-8,10H2,1H3,(H,23,27)(H,21,22,25). The second-order valence-corrected chi connectivity index (χ2v) is 8.90. The van der Waals surface area contributed by atoms with Gasteiger partial charge in [-0.1, -0.05) is 36.3 Å². The van der Waals surface area contributed by atoms with Crippen molar-refractivity contribution in [3.8, 4) is 0 Å². The summed E-state index contributed by atoms with van der Waals surface area (Å²) in [6.45, 7) is 1.82. The number of anilines is 1. The van der Waals surface area contributed by atoms with Crippen molar-refractivity contribution in [2.75, 3.05) is 11.9 Å². The van der Waals surface area contributed by atoms with Gasteiger partial charge in [0.15, 0.2) is 5.13 Å². The molecule has 0 radical (unpaired) electrons. The summed E-state index contributed by atoms with van der Waals surface area (Å²) in [5, 5.41) is 6.52. The highest BCUT2D eigenvalue weighted by molar-refractivity contribution is 7.22. The van der Waals surface area contributed by atoms with Crippen molar-refractivity contribution in [2.24, 2.45) is 5.92 Å². The van der Waals surface area contributed by atoms with Gasteiger partial charge in [-0.05, 0) is 49.8 Å². The largest absolute Gasteiger partial charge is 0.325 e. The lowest BCUT2D eigenvalue weighted by molar-refractivity contribution is -0.135. The number of imide groups is 1. The summed E-state index contributed by atoms with van der Waals surface area (Å²) in [5.41, 5.74) is -0.110. The number of benzene rings is 1. The van der Waals surface area contributed by atoms with Gasteiger partial charge in [-0.25, -0.2) is 9.78 Å². The Balaban J connectivity index is 1.42. The molecule has 28 heavy (non-hydrogen) atoms. The maximum Gasteiger partial charge on any atom is 0.325 e. The zero-order chi connectivity index (χ0) is 19.9. The monoisotopic (exact) mass is 420 g/mol. The highest BCUT2D eigenvalue weighted by Crippen LogP contribution is 2.37. The van der Waals surface area contributed by atoms with Gasteiger partial charge in [0.25, 0.3) is 5.91 Å². The number of fused-ring (bicyclic) bond motifs is 1. The number of thiazole rings is 1. The molecule has 1 spiro atoms. The fourth-order valence-electron chi connectivity index (χ4n) is 3.99. The minimum Gasteiger partial charge on any atom is -0.323 e. The number of hydrogen-bond acceptors (Lipinski definition) is 5. The fourth-order valence-corrected chi connectivity index (χ4v) is 5.15. The van der Waals surface area contributed by atoms with Crippen molar-refractivity contribution in [2.45, 2.75) is 44.6 Å². The molecule has 4 amide bonds. The Morgan fingerprint density at radius 3 is 2.86 bits per heavy atom. The molecule has 1 saturated heterocycles. The van der Waals surface area contributed by atoms with E-state index >= 15 is 0 Å². The SMILES string of the molecule is CCC1CCC2(CC1)NC(=O)N(CC(=O)Nc1nc3ccc(Cl)cc3s1)C2=O. The average Bonchev–Trinajstić information content (AvgIpc) is 3.15. The molecule has 2 aromatic rings. The number of aromatic nitrogens is 1. The smallest absolute Gasteiger partial charge is 0.323 e. The first-order valence-corrected chi connectivity index (χ1v) is 10.6. The number of amides is 4. The van der Waals surface area contributed by atoms with E-state index in [1.54, 1.807) is 18.2 Å². The van der Waals surface area contributed by atoms with Crippen LogP contribution in [-0.2, 0) is 9.59 Å². The van der Waals surface area contributed by atoms with Crippen LogP contribution in [0.15, 0.2) is 18.2 Å². The lowest BCUT2D eigenvalue weighted by Crippen LogP contribution is -2.49. The minimum absolute atomic E-state index is 0.293. The number of hydrogen-bond donors (Lipinski definition) is 2. The molecule has 1 aliphatic heterocycles. The normalized spacial score (nSPS) is 24.8. The molecule has 2 N–H and O–H groups in total. The maximum absolute atomic E-state index is 12.9. The zero-order valence-electron chi connectivity index (χ0n) is 15.5. The number of halogens is 1. The first kappa shape index (κ1) is 19.1.